The summed E-state index contributed by atoms with van der Waals surface area (Å²) in [5, 5.41) is 0. The maximum Gasteiger partial charge on any atom is 0.146 e. The van der Waals surface area contributed by atoms with Crippen LogP contribution in [0.5, 0.6) is 11.5 Å². The second-order valence-electron chi connectivity index (χ2n) is 3.95. The minimum atomic E-state index is 0.627. The predicted molar refractivity (Wildman–Crippen MR) is 71.6 cm³/mol. The van der Waals surface area contributed by atoms with E-state index >= 15 is 0 Å². The molecule has 0 saturated heterocycles. The fourth-order valence-electron chi connectivity index (χ4n) is 1.99. The van der Waals surface area contributed by atoms with Crippen molar-refractivity contribution < 1.29 is 9.47 Å². The van der Waals surface area contributed by atoms with Gasteiger partial charge in [-0.2, -0.15) is 0 Å². The standard InChI is InChI=1S/C14H18N2O2/c1-17-12-5-6-13(14(10-12)18-2)16-9-3-4-11(16)7-8-15/h3-6,9-10H,7-8,15H2,1-2H3. The molecule has 18 heavy (non-hydrogen) atoms. The first-order valence-electron chi connectivity index (χ1n) is 5.89. The third-order valence-corrected chi connectivity index (χ3v) is 2.88. The van der Waals surface area contributed by atoms with E-state index in [1.807, 2.05) is 30.5 Å². The summed E-state index contributed by atoms with van der Waals surface area (Å²) in [4.78, 5) is 0. The van der Waals surface area contributed by atoms with Gasteiger partial charge in [0.15, 0.2) is 0 Å². The number of hydrogen-bond acceptors (Lipinski definition) is 3. The summed E-state index contributed by atoms with van der Waals surface area (Å²) < 4.78 is 12.7. The number of ether oxygens (including phenoxy) is 2. The van der Waals surface area contributed by atoms with Crippen LogP contribution in [0.3, 0.4) is 0 Å². The van der Waals surface area contributed by atoms with Gasteiger partial charge in [-0.25, -0.2) is 0 Å². The lowest BCUT2D eigenvalue weighted by atomic mass is 10.2. The highest BCUT2D eigenvalue weighted by Crippen LogP contribution is 2.28. The van der Waals surface area contributed by atoms with Crippen LogP contribution in [-0.4, -0.2) is 25.3 Å². The van der Waals surface area contributed by atoms with Gasteiger partial charge < -0.3 is 19.8 Å². The summed E-state index contributed by atoms with van der Waals surface area (Å²) >= 11 is 0. The first kappa shape index (κ1) is 12.5. The van der Waals surface area contributed by atoms with Crippen molar-refractivity contribution in [3.05, 3.63) is 42.2 Å². The lowest BCUT2D eigenvalue weighted by Gasteiger charge is -2.14. The van der Waals surface area contributed by atoms with Gasteiger partial charge in [-0.15, -0.1) is 0 Å². The zero-order chi connectivity index (χ0) is 13.0. The zero-order valence-electron chi connectivity index (χ0n) is 10.7. The second-order valence-corrected chi connectivity index (χ2v) is 3.95. The molecule has 0 saturated carbocycles. The Morgan fingerprint density at radius 3 is 2.67 bits per heavy atom. The van der Waals surface area contributed by atoms with Crippen LogP contribution in [0.1, 0.15) is 5.69 Å². The van der Waals surface area contributed by atoms with Gasteiger partial charge in [0.05, 0.1) is 19.9 Å². The molecule has 0 radical (unpaired) electrons. The van der Waals surface area contributed by atoms with Crippen molar-refractivity contribution in [3.63, 3.8) is 0 Å². The summed E-state index contributed by atoms with van der Waals surface area (Å²) in [6, 6.07) is 9.86. The third kappa shape index (κ3) is 2.33. The van der Waals surface area contributed by atoms with E-state index < -0.39 is 0 Å². The van der Waals surface area contributed by atoms with Gasteiger partial charge in [0.1, 0.15) is 11.5 Å². The predicted octanol–water partition coefficient (Wildman–Crippen LogP) is 2.00. The number of hydrogen-bond donors (Lipinski definition) is 1. The summed E-state index contributed by atoms with van der Waals surface area (Å²) in [6.07, 6.45) is 2.84. The fraction of sp³-hybridized carbons (Fsp3) is 0.286. The molecule has 0 fully saturated rings. The lowest BCUT2D eigenvalue weighted by molar-refractivity contribution is 0.393. The van der Waals surface area contributed by atoms with Crippen LogP contribution in [0.25, 0.3) is 5.69 Å². The molecule has 4 nitrogen and oxygen atoms in total. The normalized spacial score (nSPS) is 10.4. The third-order valence-electron chi connectivity index (χ3n) is 2.88. The van der Waals surface area contributed by atoms with E-state index in [9.17, 15) is 0 Å². The molecule has 2 rings (SSSR count). The minimum Gasteiger partial charge on any atom is -0.497 e. The molecular weight excluding hydrogens is 228 g/mol. The molecular formula is C14H18N2O2. The van der Waals surface area contributed by atoms with Crippen molar-refractivity contribution in [1.29, 1.82) is 0 Å². The van der Waals surface area contributed by atoms with Crippen LogP contribution < -0.4 is 15.2 Å². The Labute approximate surface area is 107 Å². The van der Waals surface area contributed by atoms with Crippen LogP contribution >= 0.6 is 0 Å². The molecule has 0 bridgehead atoms. The smallest absolute Gasteiger partial charge is 0.146 e. The minimum absolute atomic E-state index is 0.627. The van der Waals surface area contributed by atoms with Crippen molar-refractivity contribution in [3.8, 4) is 17.2 Å². The van der Waals surface area contributed by atoms with Gasteiger partial charge >= 0.3 is 0 Å². The number of rotatable bonds is 5. The molecule has 2 N–H and O–H groups in total. The Balaban J connectivity index is 2.46. The average molecular weight is 246 g/mol. The summed E-state index contributed by atoms with van der Waals surface area (Å²) in [5.41, 5.74) is 7.78. The van der Waals surface area contributed by atoms with Gasteiger partial charge in [-0.05, 0) is 30.8 Å². The van der Waals surface area contributed by atoms with Crippen LogP contribution in [0, 0.1) is 0 Å². The molecule has 0 atom stereocenters. The van der Waals surface area contributed by atoms with Crippen molar-refractivity contribution in [2.45, 2.75) is 6.42 Å². The Kier molecular flexibility index (Phi) is 3.89. The summed E-state index contributed by atoms with van der Waals surface area (Å²) in [7, 11) is 3.30. The Bertz CT molecular complexity index is 520. The first-order valence-corrected chi connectivity index (χ1v) is 5.89. The number of nitrogens with two attached hydrogens (primary N) is 1. The number of methoxy groups -OCH3 is 2. The molecule has 4 heteroatoms. The van der Waals surface area contributed by atoms with Crippen LogP contribution in [0.15, 0.2) is 36.5 Å². The van der Waals surface area contributed by atoms with Gasteiger partial charge in [-0.1, -0.05) is 0 Å². The van der Waals surface area contributed by atoms with Crippen LogP contribution in [-0.2, 0) is 6.42 Å². The van der Waals surface area contributed by atoms with Crippen molar-refractivity contribution in [1.82, 2.24) is 4.57 Å². The van der Waals surface area contributed by atoms with E-state index in [2.05, 4.69) is 10.6 Å². The van der Waals surface area contributed by atoms with Gasteiger partial charge in [0, 0.05) is 24.4 Å². The fourth-order valence-corrected chi connectivity index (χ4v) is 1.99. The van der Waals surface area contributed by atoms with Gasteiger partial charge in [0.2, 0.25) is 0 Å². The Morgan fingerprint density at radius 2 is 2.00 bits per heavy atom. The largest absolute Gasteiger partial charge is 0.497 e. The Hall–Kier alpha value is -1.94. The maximum absolute atomic E-state index is 5.62. The summed E-state index contributed by atoms with van der Waals surface area (Å²) in [6.45, 7) is 0.627. The number of benzene rings is 1. The second kappa shape index (κ2) is 5.60. The van der Waals surface area contributed by atoms with Gasteiger partial charge in [0.25, 0.3) is 0 Å². The monoisotopic (exact) mass is 246 g/mol. The molecule has 1 heterocycles. The Morgan fingerprint density at radius 1 is 1.17 bits per heavy atom. The lowest BCUT2D eigenvalue weighted by Crippen LogP contribution is -2.08. The molecule has 2 aromatic rings. The highest BCUT2D eigenvalue weighted by molar-refractivity contribution is 5.52. The molecule has 0 unspecified atom stereocenters. The highest BCUT2D eigenvalue weighted by Gasteiger charge is 2.09. The number of nitrogens with zero attached hydrogens (tertiary/aromatic N) is 1. The van der Waals surface area contributed by atoms with E-state index in [-0.39, 0.29) is 0 Å². The molecule has 0 spiro atoms. The molecule has 1 aromatic heterocycles. The highest BCUT2D eigenvalue weighted by atomic mass is 16.5. The van der Waals surface area contributed by atoms with E-state index in [4.69, 9.17) is 15.2 Å². The van der Waals surface area contributed by atoms with Crippen molar-refractivity contribution in [2.24, 2.45) is 5.73 Å². The van der Waals surface area contributed by atoms with Crippen molar-refractivity contribution in [2.75, 3.05) is 20.8 Å². The van der Waals surface area contributed by atoms with Crippen molar-refractivity contribution >= 4 is 0 Å². The number of aromatic nitrogens is 1. The maximum atomic E-state index is 5.62. The zero-order valence-corrected chi connectivity index (χ0v) is 10.7. The molecule has 1 aromatic carbocycles. The van der Waals surface area contributed by atoms with E-state index in [1.165, 1.54) is 5.69 Å². The SMILES string of the molecule is COc1ccc(-n2cccc2CCN)c(OC)c1. The molecule has 0 aliphatic heterocycles. The quantitative estimate of drug-likeness (QED) is 0.877. The molecule has 0 aliphatic rings. The molecule has 0 aliphatic carbocycles. The van der Waals surface area contributed by atoms with Crippen LogP contribution in [0.2, 0.25) is 0 Å². The van der Waals surface area contributed by atoms with Crippen LogP contribution in [0.4, 0.5) is 0 Å². The van der Waals surface area contributed by atoms with E-state index in [0.717, 1.165) is 23.6 Å². The summed E-state index contributed by atoms with van der Waals surface area (Å²) in [5.74, 6) is 1.56. The topological polar surface area (TPSA) is 49.4 Å². The first-order chi connectivity index (χ1) is 8.80. The van der Waals surface area contributed by atoms with E-state index in [1.54, 1.807) is 14.2 Å². The molecule has 0 amide bonds. The molecule has 96 valence electrons. The average Bonchev–Trinajstić information content (AvgIpc) is 2.86. The van der Waals surface area contributed by atoms with Gasteiger partial charge in [-0.3, -0.25) is 0 Å². The van der Waals surface area contributed by atoms with E-state index in [0.29, 0.717) is 6.54 Å².